The Hall–Kier alpha value is -1.14. The van der Waals surface area contributed by atoms with Crippen LogP contribution in [0.4, 0.5) is 10.1 Å². The molecule has 0 saturated heterocycles. The van der Waals surface area contributed by atoms with Crippen molar-refractivity contribution in [2.45, 2.75) is 44.6 Å². The highest BCUT2D eigenvalue weighted by atomic mass is 32.2. The van der Waals surface area contributed by atoms with Gasteiger partial charge in [-0.3, -0.25) is 0 Å². The number of rotatable bonds is 6. The summed E-state index contributed by atoms with van der Waals surface area (Å²) in [5, 5.41) is 0. The first-order valence-electron chi connectivity index (χ1n) is 6.33. The lowest BCUT2D eigenvalue weighted by Crippen LogP contribution is -2.34. The Labute approximate surface area is 114 Å². The molecule has 0 spiro atoms. The maximum atomic E-state index is 13.6. The number of nitrogen functional groups attached to an aromatic ring is 1. The first kappa shape index (κ1) is 15.9. The Morgan fingerprint density at radius 2 is 2.00 bits per heavy atom. The summed E-state index contributed by atoms with van der Waals surface area (Å²) in [5.41, 5.74) is 5.72. The molecule has 2 atom stereocenters. The third-order valence-corrected chi connectivity index (χ3v) is 4.66. The molecular weight excluding hydrogens is 267 g/mol. The van der Waals surface area contributed by atoms with Gasteiger partial charge in [0, 0.05) is 11.7 Å². The molecule has 2 unspecified atom stereocenters. The molecule has 1 aromatic rings. The average Bonchev–Trinajstić information content (AvgIpc) is 2.31. The predicted molar refractivity (Wildman–Crippen MR) is 74.7 cm³/mol. The topological polar surface area (TPSA) is 72.2 Å². The highest BCUT2D eigenvalue weighted by Crippen LogP contribution is 2.19. The average molecular weight is 288 g/mol. The third kappa shape index (κ3) is 4.47. The maximum absolute atomic E-state index is 13.6. The molecule has 0 aromatic heterocycles. The van der Waals surface area contributed by atoms with Crippen molar-refractivity contribution in [2.24, 2.45) is 5.92 Å². The van der Waals surface area contributed by atoms with Crippen molar-refractivity contribution in [2.75, 3.05) is 5.73 Å². The Morgan fingerprint density at radius 3 is 2.58 bits per heavy atom. The van der Waals surface area contributed by atoms with Crippen LogP contribution in [0.5, 0.6) is 0 Å². The zero-order valence-corrected chi connectivity index (χ0v) is 12.3. The molecule has 1 aromatic carbocycles. The summed E-state index contributed by atoms with van der Waals surface area (Å²) in [5.74, 6) is -0.388. The van der Waals surface area contributed by atoms with Crippen molar-refractivity contribution in [1.29, 1.82) is 0 Å². The van der Waals surface area contributed by atoms with Crippen molar-refractivity contribution >= 4 is 15.7 Å². The van der Waals surface area contributed by atoms with Crippen LogP contribution in [0, 0.1) is 11.7 Å². The predicted octanol–water partition coefficient (Wildman–Crippen LogP) is 2.51. The van der Waals surface area contributed by atoms with Gasteiger partial charge < -0.3 is 5.73 Å². The molecule has 0 bridgehead atoms. The summed E-state index contributed by atoms with van der Waals surface area (Å²) in [6, 6.07) is 3.27. The van der Waals surface area contributed by atoms with E-state index in [2.05, 4.69) is 4.72 Å². The summed E-state index contributed by atoms with van der Waals surface area (Å²) in [7, 11) is -3.87. The fourth-order valence-corrected chi connectivity index (χ4v) is 3.24. The number of hydrogen-bond acceptors (Lipinski definition) is 3. The van der Waals surface area contributed by atoms with Gasteiger partial charge in [0.2, 0.25) is 10.0 Å². The normalized spacial score (nSPS) is 15.2. The third-order valence-electron chi connectivity index (χ3n) is 3.05. The van der Waals surface area contributed by atoms with E-state index in [9.17, 15) is 12.8 Å². The van der Waals surface area contributed by atoms with Crippen molar-refractivity contribution in [3.63, 3.8) is 0 Å². The molecule has 0 radical (unpaired) electrons. The second-order valence-electron chi connectivity index (χ2n) is 4.96. The zero-order chi connectivity index (χ0) is 14.6. The van der Waals surface area contributed by atoms with Crippen LogP contribution in [0.15, 0.2) is 23.1 Å². The Kier molecular flexibility index (Phi) is 5.31. The first-order chi connectivity index (χ1) is 8.76. The van der Waals surface area contributed by atoms with Gasteiger partial charge in [-0.2, -0.15) is 0 Å². The van der Waals surface area contributed by atoms with Gasteiger partial charge in [0.05, 0.1) is 0 Å². The van der Waals surface area contributed by atoms with E-state index >= 15 is 0 Å². The molecule has 6 heteroatoms. The van der Waals surface area contributed by atoms with Crippen molar-refractivity contribution < 1.29 is 12.8 Å². The summed E-state index contributed by atoms with van der Waals surface area (Å²) in [6.07, 6.45) is 1.68. The van der Waals surface area contributed by atoms with Gasteiger partial charge in [-0.15, -0.1) is 0 Å². The molecule has 19 heavy (non-hydrogen) atoms. The molecule has 3 N–H and O–H groups in total. The van der Waals surface area contributed by atoms with E-state index in [0.29, 0.717) is 12.3 Å². The van der Waals surface area contributed by atoms with E-state index in [1.54, 1.807) is 6.92 Å². The van der Waals surface area contributed by atoms with E-state index in [-0.39, 0.29) is 11.7 Å². The molecule has 4 nitrogen and oxygen atoms in total. The fourth-order valence-electron chi connectivity index (χ4n) is 1.87. The van der Waals surface area contributed by atoms with Gasteiger partial charge in [-0.1, -0.05) is 20.3 Å². The fraction of sp³-hybridized carbons (Fsp3) is 0.538. The van der Waals surface area contributed by atoms with Gasteiger partial charge in [0.15, 0.2) is 0 Å². The van der Waals surface area contributed by atoms with Crippen LogP contribution in [0.2, 0.25) is 0 Å². The Bertz CT molecular complexity index is 531. The van der Waals surface area contributed by atoms with Gasteiger partial charge in [-0.05, 0) is 37.5 Å². The van der Waals surface area contributed by atoms with Crippen LogP contribution in [0.1, 0.15) is 33.6 Å². The number of anilines is 1. The lowest BCUT2D eigenvalue weighted by molar-refractivity contribution is 0.444. The number of hydrogen-bond donors (Lipinski definition) is 2. The van der Waals surface area contributed by atoms with Crippen molar-refractivity contribution in [3.8, 4) is 0 Å². The molecule has 108 valence electrons. The molecule has 0 fully saturated rings. The largest absolute Gasteiger partial charge is 0.399 e. The summed E-state index contributed by atoms with van der Waals surface area (Å²) in [6.45, 7) is 5.86. The molecule has 0 amide bonds. The maximum Gasteiger partial charge on any atom is 0.243 e. The van der Waals surface area contributed by atoms with Gasteiger partial charge in [0.1, 0.15) is 10.7 Å². The second-order valence-corrected chi connectivity index (χ2v) is 6.64. The standard InChI is InChI=1S/C13H21FN2O2S/c1-4-9(2)7-10(3)16-19(17,18)13-8-11(15)5-6-12(13)14/h5-6,8-10,16H,4,7,15H2,1-3H3. The highest BCUT2D eigenvalue weighted by molar-refractivity contribution is 7.89. The molecular formula is C13H21FN2O2S. The zero-order valence-electron chi connectivity index (χ0n) is 11.5. The van der Waals surface area contributed by atoms with E-state index in [1.165, 1.54) is 6.07 Å². The Morgan fingerprint density at radius 1 is 1.37 bits per heavy atom. The number of nitrogens with one attached hydrogen (secondary N) is 1. The second kappa shape index (κ2) is 6.34. The minimum atomic E-state index is -3.87. The number of halogens is 1. The Balaban J connectivity index is 2.89. The van der Waals surface area contributed by atoms with Crippen molar-refractivity contribution in [1.82, 2.24) is 4.72 Å². The van der Waals surface area contributed by atoms with Crippen LogP contribution < -0.4 is 10.5 Å². The quantitative estimate of drug-likeness (QED) is 0.790. The monoisotopic (exact) mass is 288 g/mol. The van der Waals surface area contributed by atoms with Crippen LogP contribution in [0.25, 0.3) is 0 Å². The minimum Gasteiger partial charge on any atom is -0.399 e. The van der Waals surface area contributed by atoms with E-state index in [4.69, 9.17) is 5.73 Å². The van der Waals surface area contributed by atoms with E-state index in [0.717, 1.165) is 18.6 Å². The molecule has 0 saturated carbocycles. The van der Waals surface area contributed by atoms with Crippen LogP contribution in [0.3, 0.4) is 0 Å². The van der Waals surface area contributed by atoms with Crippen LogP contribution in [-0.2, 0) is 10.0 Å². The molecule has 0 heterocycles. The van der Waals surface area contributed by atoms with Gasteiger partial charge in [0.25, 0.3) is 0 Å². The highest BCUT2D eigenvalue weighted by Gasteiger charge is 2.22. The van der Waals surface area contributed by atoms with E-state index in [1.807, 2.05) is 13.8 Å². The SMILES string of the molecule is CCC(C)CC(C)NS(=O)(=O)c1cc(N)ccc1F. The van der Waals surface area contributed by atoms with Crippen LogP contribution >= 0.6 is 0 Å². The van der Waals surface area contributed by atoms with E-state index < -0.39 is 20.7 Å². The molecule has 0 aliphatic rings. The lowest BCUT2D eigenvalue weighted by Gasteiger charge is -2.18. The summed E-state index contributed by atoms with van der Waals surface area (Å²) in [4.78, 5) is -0.400. The van der Waals surface area contributed by atoms with Gasteiger partial charge in [-0.25, -0.2) is 17.5 Å². The number of benzene rings is 1. The summed E-state index contributed by atoms with van der Waals surface area (Å²) >= 11 is 0. The smallest absolute Gasteiger partial charge is 0.243 e. The number of nitrogens with two attached hydrogens (primary N) is 1. The number of sulfonamides is 1. The molecule has 1 rings (SSSR count). The van der Waals surface area contributed by atoms with Crippen molar-refractivity contribution in [3.05, 3.63) is 24.0 Å². The molecule has 0 aliphatic heterocycles. The summed E-state index contributed by atoms with van der Waals surface area (Å²) < 4.78 is 40.2. The van der Waals surface area contributed by atoms with Crippen LogP contribution in [-0.4, -0.2) is 14.5 Å². The minimum absolute atomic E-state index is 0.219. The molecule has 0 aliphatic carbocycles. The lowest BCUT2D eigenvalue weighted by atomic mass is 10.0. The first-order valence-corrected chi connectivity index (χ1v) is 7.82. The van der Waals surface area contributed by atoms with Gasteiger partial charge >= 0.3 is 0 Å².